The SMILES string of the molecule is CN1CCc2c(-c3cc(OC#N)ccc3N3CCC4(CC3)CC4)cn(C)c(=O)c21. The third kappa shape index (κ3) is 2.96. The molecule has 2 aromatic rings. The first-order valence-corrected chi connectivity index (χ1v) is 10.4. The average Bonchev–Trinajstić information content (AvgIpc) is 3.36. The molecule has 0 unspecified atom stereocenters. The second-order valence-electron chi connectivity index (χ2n) is 8.82. The topological polar surface area (TPSA) is 61.5 Å². The number of likely N-dealkylation sites (N-methyl/N-ethyl adjacent to an activating group) is 1. The van der Waals surface area contributed by atoms with Crippen LogP contribution < -0.4 is 20.1 Å². The number of piperidine rings is 1. The van der Waals surface area contributed by atoms with Crippen molar-refractivity contribution in [3.05, 3.63) is 40.3 Å². The van der Waals surface area contributed by atoms with Gasteiger partial charge in [-0.25, -0.2) is 0 Å². The number of nitriles is 1. The number of fused-ring (bicyclic) bond motifs is 1. The molecule has 29 heavy (non-hydrogen) atoms. The predicted molar refractivity (Wildman–Crippen MR) is 113 cm³/mol. The first-order chi connectivity index (χ1) is 14.0. The van der Waals surface area contributed by atoms with Crippen LogP contribution in [0.15, 0.2) is 29.2 Å². The molecule has 150 valence electrons. The van der Waals surface area contributed by atoms with Crippen molar-refractivity contribution in [1.82, 2.24) is 4.57 Å². The Balaban J connectivity index is 1.64. The number of hydrogen-bond donors (Lipinski definition) is 0. The number of nitrogens with zero attached hydrogens (tertiary/aromatic N) is 4. The van der Waals surface area contributed by atoms with Crippen LogP contribution in [0.4, 0.5) is 11.4 Å². The number of hydrogen-bond acceptors (Lipinski definition) is 5. The van der Waals surface area contributed by atoms with Gasteiger partial charge in [0.25, 0.3) is 11.8 Å². The van der Waals surface area contributed by atoms with Crippen molar-refractivity contribution >= 4 is 11.4 Å². The highest BCUT2D eigenvalue weighted by Crippen LogP contribution is 2.54. The Labute approximate surface area is 170 Å². The summed E-state index contributed by atoms with van der Waals surface area (Å²) in [6.07, 6.45) is 9.83. The lowest BCUT2D eigenvalue weighted by molar-refractivity contribution is 0.384. The molecule has 0 atom stereocenters. The molecule has 1 aromatic heterocycles. The molecule has 1 saturated carbocycles. The van der Waals surface area contributed by atoms with E-state index in [9.17, 15) is 4.79 Å². The Bertz CT molecular complexity index is 1070. The minimum atomic E-state index is 0.0448. The standard InChI is InChI=1S/C23H26N4O2/c1-25-10-5-17-19(14-26(2)22(28)21(17)25)18-13-16(29-15-24)3-4-20(18)27-11-8-23(6-7-23)9-12-27/h3-4,13-14H,5-12H2,1-2H3. The Hall–Kier alpha value is -2.94. The van der Waals surface area contributed by atoms with Crippen molar-refractivity contribution < 1.29 is 4.74 Å². The molecule has 0 N–H and O–H groups in total. The molecule has 3 heterocycles. The fourth-order valence-corrected chi connectivity index (χ4v) is 5.05. The van der Waals surface area contributed by atoms with E-state index >= 15 is 0 Å². The summed E-state index contributed by atoms with van der Waals surface area (Å²) < 4.78 is 6.83. The number of rotatable bonds is 3. The molecule has 3 aliphatic rings. The van der Waals surface area contributed by atoms with Crippen molar-refractivity contribution in [2.24, 2.45) is 12.5 Å². The lowest BCUT2D eigenvalue weighted by Gasteiger charge is -2.35. The summed E-state index contributed by atoms with van der Waals surface area (Å²) in [5.41, 5.74) is 5.83. The van der Waals surface area contributed by atoms with Crippen LogP contribution in [0, 0.1) is 16.9 Å². The highest BCUT2D eigenvalue weighted by Gasteiger charge is 2.44. The predicted octanol–water partition coefficient (Wildman–Crippen LogP) is 3.28. The average molecular weight is 390 g/mol. The van der Waals surface area contributed by atoms with Crippen molar-refractivity contribution in [2.45, 2.75) is 32.1 Å². The van der Waals surface area contributed by atoms with Gasteiger partial charge < -0.3 is 19.1 Å². The Morgan fingerprint density at radius 1 is 1.07 bits per heavy atom. The van der Waals surface area contributed by atoms with Gasteiger partial charge in [-0.2, -0.15) is 0 Å². The summed E-state index contributed by atoms with van der Waals surface area (Å²) in [4.78, 5) is 17.2. The number of benzene rings is 1. The van der Waals surface area contributed by atoms with Gasteiger partial charge in [0.1, 0.15) is 11.4 Å². The third-order valence-electron chi connectivity index (χ3n) is 7.08. The van der Waals surface area contributed by atoms with E-state index in [1.807, 2.05) is 37.3 Å². The zero-order chi connectivity index (χ0) is 20.2. The first kappa shape index (κ1) is 18.1. The van der Waals surface area contributed by atoms with Crippen molar-refractivity contribution in [3.8, 4) is 23.1 Å². The lowest BCUT2D eigenvalue weighted by atomic mass is 9.91. The largest absolute Gasteiger partial charge is 0.388 e. The van der Waals surface area contributed by atoms with Crippen molar-refractivity contribution in [2.75, 3.05) is 36.5 Å². The Morgan fingerprint density at radius 3 is 2.52 bits per heavy atom. The van der Waals surface area contributed by atoms with Gasteiger partial charge in [-0.15, -0.1) is 5.26 Å². The van der Waals surface area contributed by atoms with E-state index in [-0.39, 0.29) is 5.56 Å². The fraction of sp³-hybridized carbons (Fsp3) is 0.478. The van der Waals surface area contributed by atoms with E-state index in [1.165, 1.54) is 31.4 Å². The maximum Gasteiger partial charge on any atom is 0.292 e. The second kappa shape index (κ2) is 6.55. The molecular weight excluding hydrogens is 364 g/mol. The van der Waals surface area contributed by atoms with Crippen LogP contribution in [0.1, 0.15) is 31.2 Å². The van der Waals surface area contributed by atoms with E-state index in [1.54, 1.807) is 10.8 Å². The van der Waals surface area contributed by atoms with Gasteiger partial charge in [-0.05, 0) is 61.3 Å². The molecule has 1 aromatic carbocycles. The van der Waals surface area contributed by atoms with E-state index < -0.39 is 0 Å². The van der Waals surface area contributed by atoms with Gasteiger partial charge in [0.05, 0.1) is 0 Å². The molecule has 5 rings (SSSR count). The van der Waals surface area contributed by atoms with Crippen LogP contribution in [0.25, 0.3) is 11.1 Å². The number of aromatic nitrogens is 1. The molecule has 0 amide bonds. The number of anilines is 2. The van der Waals surface area contributed by atoms with Crippen LogP contribution in [0.3, 0.4) is 0 Å². The summed E-state index contributed by atoms with van der Waals surface area (Å²) in [5.74, 6) is 0.538. The molecule has 1 saturated heterocycles. The smallest absolute Gasteiger partial charge is 0.292 e. The zero-order valence-corrected chi connectivity index (χ0v) is 17.1. The van der Waals surface area contributed by atoms with E-state index in [2.05, 4.69) is 11.0 Å². The molecule has 1 spiro atoms. The van der Waals surface area contributed by atoms with Crippen molar-refractivity contribution in [3.63, 3.8) is 0 Å². The molecule has 2 aliphatic heterocycles. The van der Waals surface area contributed by atoms with Crippen LogP contribution in [-0.4, -0.2) is 31.2 Å². The maximum atomic E-state index is 12.7. The van der Waals surface area contributed by atoms with E-state index in [0.29, 0.717) is 11.2 Å². The summed E-state index contributed by atoms with van der Waals surface area (Å²) >= 11 is 0. The van der Waals surface area contributed by atoms with E-state index in [4.69, 9.17) is 10.00 Å². The minimum Gasteiger partial charge on any atom is -0.388 e. The number of ether oxygens (including phenoxy) is 1. The fourth-order valence-electron chi connectivity index (χ4n) is 5.05. The normalized spacial score (nSPS) is 19.2. The van der Waals surface area contributed by atoms with Crippen LogP contribution in [0.5, 0.6) is 5.75 Å². The van der Waals surface area contributed by atoms with Gasteiger partial charge in [0.2, 0.25) is 0 Å². The van der Waals surface area contributed by atoms with Gasteiger partial charge in [0, 0.05) is 56.7 Å². The third-order valence-corrected chi connectivity index (χ3v) is 7.08. The Kier molecular flexibility index (Phi) is 4.09. The van der Waals surface area contributed by atoms with E-state index in [0.717, 1.165) is 48.4 Å². The number of pyridine rings is 1. The quantitative estimate of drug-likeness (QED) is 0.753. The van der Waals surface area contributed by atoms with Gasteiger partial charge in [-0.1, -0.05) is 0 Å². The second-order valence-corrected chi connectivity index (χ2v) is 8.82. The summed E-state index contributed by atoms with van der Waals surface area (Å²) in [6.45, 7) is 2.95. The summed E-state index contributed by atoms with van der Waals surface area (Å²) in [7, 11) is 3.79. The Morgan fingerprint density at radius 2 is 1.83 bits per heavy atom. The van der Waals surface area contributed by atoms with Crippen LogP contribution >= 0.6 is 0 Å². The molecule has 6 nitrogen and oxygen atoms in total. The highest BCUT2D eigenvalue weighted by molar-refractivity contribution is 5.85. The zero-order valence-electron chi connectivity index (χ0n) is 17.1. The maximum absolute atomic E-state index is 12.7. The van der Waals surface area contributed by atoms with Gasteiger partial charge >= 0.3 is 0 Å². The molecule has 1 aliphatic carbocycles. The van der Waals surface area contributed by atoms with Crippen molar-refractivity contribution in [1.29, 1.82) is 5.26 Å². The monoisotopic (exact) mass is 390 g/mol. The first-order valence-electron chi connectivity index (χ1n) is 10.4. The lowest BCUT2D eigenvalue weighted by Crippen LogP contribution is -2.34. The van der Waals surface area contributed by atoms with Crippen LogP contribution in [-0.2, 0) is 13.5 Å². The molecule has 0 bridgehead atoms. The molecule has 6 heteroatoms. The molecule has 0 radical (unpaired) electrons. The van der Waals surface area contributed by atoms with Gasteiger partial charge in [0.15, 0.2) is 0 Å². The molecular formula is C23H26N4O2. The number of aryl methyl sites for hydroxylation is 1. The van der Waals surface area contributed by atoms with Gasteiger partial charge in [-0.3, -0.25) is 4.79 Å². The van der Waals surface area contributed by atoms with Crippen LogP contribution in [0.2, 0.25) is 0 Å². The molecule has 2 fully saturated rings. The highest BCUT2D eigenvalue weighted by atomic mass is 16.5. The summed E-state index contributed by atoms with van der Waals surface area (Å²) in [5, 5.41) is 9.00. The summed E-state index contributed by atoms with van der Waals surface area (Å²) in [6, 6.07) is 5.90. The minimum absolute atomic E-state index is 0.0448.